The molecule has 0 unspecified atom stereocenters. The van der Waals surface area contributed by atoms with E-state index in [4.69, 9.17) is 10.2 Å². The van der Waals surface area contributed by atoms with Crippen molar-refractivity contribution in [3.63, 3.8) is 0 Å². The van der Waals surface area contributed by atoms with Gasteiger partial charge in [-0.3, -0.25) is 0 Å². The van der Waals surface area contributed by atoms with Crippen LogP contribution in [0.3, 0.4) is 0 Å². The molecule has 0 aromatic rings. The summed E-state index contributed by atoms with van der Waals surface area (Å²) in [4.78, 5) is 0. The molecular weight excluding hydrogens is 140 g/mol. The van der Waals surface area contributed by atoms with Crippen LogP contribution in [0.2, 0.25) is 0 Å². The van der Waals surface area contributed by atoms with E-state index >= 15 is 0 Å². The molecule has 1 heterocycles. The van der Waals surface area contributed by atoms with Gasteiger partial charge in [0.1, 0.15) is 0 Å². The van der Waals surface area contributed by atoms with E-state index < -0.39 is 5.31 Å². The third kappa shape index (κ3) is 2.18. The first-order chi connectivity index (χ1) is 2.21. The average molecular weight is 142 g/mol. The molecule has 3 nitrogen and oxygen atoms in total. The number of rotatable bonds is 0. The van der Waals surface area contributed by atoms with Crippen LogP contribution in [0.4, 0.5) is 0 Å². The normalized spacial score (nSPS) is 25.0. The number of hydrogen-bond acceptors (Lipinski definition) is 4. The van der Waals surface area contributed by atoms with Crippen LogP contribution in [0.1, 0.15) is 0 Å². The quantitative estimate of drug-likeness (QED) is 0.202. The monoisotopic (exact) mass is 142 g/mol. The van der Waals surface area contributed by atoms with Gasteiger partial charge in [0.25, 0.3) is 0 Å². The molecule has 1 saturated heterocycles. The summed E-state index contributed by atoms with van der Waals surface area (Å²) in [6.45, 7) is 0. The fourth-order valence-electron chi connectivity index (χ4n) is 0.0373. The van der Waals surface area contributed by atoms with Crippen LogP contribution in [0.5, 0.6) is 0 Å². The second-order valence-corrected chi connectivity index (χ2v) is 1.58. The fraction of sp³-hybridized carbons (Fsp3) is 1.00. The first-order valence-corrected chi connectivity index (χ1v) is 1.76. The molecule has 0 aromatic heterocycles. The Bertz CT molecular complexity index is 48.8. The summed E-state index contributed by atoms with van der Waals surface area (Å²) in [6.07, 6.45) is 0. The summed E-state index contributed by atoms with van der Waals surface area (Å²) in [5.74, 6) is 0. The SMILES string of the molecule is OC1(O)OS1.[Ti]. The molecule has 1 fully saturated rings. The maximum absolute atomic E-state index is 7.93. The molecule has 0 atom stereocenters. The third-order valence-electron chi connectivity index (χ3n) is 0.232. The van der Waals surface area contributed by atoms with Crippen molar-refractivity contribution in [2.45, 2.75) is 5.31 Å². The van der Waals surface area contributed by atoms with Crippen LogP contribution in [-0.2, 0) is 25.9 Å². The van der Waals surface area contributed by atoms with Crippen molar-refractivity contribution in [2.24, 2.45) is 0 Å². The fourth-order valence-corrected chi connectivity index (χ4v) is 0.112. The molecule has 34 valence electrons. The molecular formula is CH2O3STi. The van der Waals surface area contributed by atoms with Gasteiger partial charge in [-0.05, 0) is 0 Å². The third-order valence-corrected chi connectivity index (χ3v) is 0.697. The van der Waals surface area contributed by atoms with Gasteiger partial charge in [-0.1, -0.05) is 0 Å². The molecule has 0 saturated carbocycles. The molecule has 0 aromatic carbocycles. The molecule has 0 amide bonds. The summed E-state index contributed by atoms with van der Waals surface area (Å²) in [6, 6.07) is 0. The molecule has 2 N–H and O–H groups in total. The largest absolute Gasteiger partial charge is 0.369 e. The van der Waals surface area contributed by atoms with Crippen LogP contribution in [0.15, 0.2) is 0 Å². The standard InChI is InChI=1S/CH2O3S.Ti/c2-1(3)4-5-1;/h2-3H;. The van der Waals surface area contributed by atoms with Crippen molar-refractivity contribution in [1.29, 1.82) is 0 Å². The molecule has 1 rings (SSSR count). The molecule has 6 heavy (non-hydrogen) atoms. The Kier molecular flexibility index (Phi) is 2.10. The summed E-state index contributed by atoms with van der Waals surface area (Å²) in [5.41, 5.74) is 0. The molecule has 0 aliphatic carbocycles. The summed E-state index contributed by atoms with van der Waals surface area (Å²) in [7, 11) is 0. The van der Waals surface area contributed by atoms with E-state index in [0.29, 0.717) is 12.0 Å². The Morgan fingerprint density at radius 1 is 1.50 bits per heavy atom. The Balaban J connectivity index is 0.000000250. The van der Waals surface area contributed by atoms with Crippen LogP contribution in [0.25, 0.3) is 0 Å². The van der Waals surface area contributed by atoms with Gasteiger partial charge in [0.2, 0.25) is 0 Å². The molecule has 1 aliphatic heterocycles. The van der Waals surface area contributed by atoms with Gasteiger partial charge in [0.15, 0.2) is 0 Å². The topological polar surface area (TPSA) is 53.0 Å². The first kappa shape index (κ1) is 6.94. The van der Waals surface area contributed by atoms with Crippen LogP contribution >= 0.6 is 12.0 Å². The number of aliphatic hydroxyl groups is 2. The smallest absolute Gasteiger partial charge is 0.332 e. The van der Waals surface area contributed by atoms with Gasteiger partial charge < -0.3 is 10.2 Å². The van der Waals surface area contributed by atoms with Gasteiger partial charge in [0.05, 0.1) is 12.0 Å². The van der Waals surface area contributed by atoms with E-state index in [1.54, 1.807) is 0 Å². The molecule has 5 heteroatoms. The predicted octanol–water partition coefficient (Wildman–Crippen LogP) is -0.742. The Labute approximate surface area is 53.8 Å². The van der Waals surface area contributed by atoms with Crippen molar-refractivity contribution in [2.75, 3.05) is 0 Å². The van der Waals surface area contributed by atoms with Crippen molar-refractivity contribution < 1.29 is 36.1 Å². The second-order valence-electron chi connectivity index (χ2n) is 0.715. The van der Waals surface area contributed by atoms with Crippen molar-refractivity contribution in [3.05, 3.63) is 0 Å². The van der Waals surface area contributed by atoms with Gasteiger partial charge in [-0.25, -0.2) is 4.18 Å². The molecule has 0 radical (unpaired) electrons. The van der Waals surface area contributed by atoms with Crippen LogP contribution in [-0.4, -0.2) is 15.5 Å². The Morgan fingerprint density at radius 2 is 1.67 bits per heavy atom. The van der Waals surface area contributed by atoms with Crippen molar-refractivity contribution in [1.82, 2.24) is 0 Å². The summed E-state index contributed by atoms with van der Waals surface area (Å²) < 4.78 is 3.92. The van der Waals surface area contributed by atoms with Crippen LogP contribution < -0.4 is 0 Å². The zero-order valence-corrected chi connectivity index (χ0v) is 5.09. The van der Waals surface area contributed by atoms with E-state index in [2.05, 4.69) is 4.18 Å². The molecule has 1 aliphatic rings. The average Bonchev–Trinajstić information content (AvgIpc) is 1.76. The van der Waals surface area contributed by atoms with E-state index in [0.717, 1.165) is 0 Å². The maximum atomic E-state index is 7.93. The zero-order valence-electron chi connectivity index (χ0n) is 2.71. The van der Waals surface area contributed by atoms with Crippen LogP contribution in [0, 0.1) is 0 Å². The Hall–Kier alpha value is 0.944. The first-order valence-electron chi connectivity index (χ1n) is 1.02. The van der Waals surface area contributed by atoms with Gasteiger partial charge in [-0.2, -0.15) is 0 Å². The maximum Gasteiger partial charge on any atom is 0.369 e. The van der Waals surface area contributed by atoms with Crippen molar-refractivity contribution in [3.8, 4) is 0 Å². The summed E-state index contributed by atoms with van der Waals surface area (Å²) in [5, 5.41) is 14.0. The minimum atomic E-state index is -1.83. The zero-order chi connectivity index (χ0) is 3.91. The van der Waals surface area contributed by atoms with E-state index in [1.807, 2.05) is 0 Å². The minimum Gasteiger partial charge on any atom is -0.332 e. The van der Waals surface area contributed by atoms with Gasteiger partial charge in [0, 0.05) is 21.7 Å². The minimum absolute atomic E-state index is 0. The molecule has 0 bridgehead atoms. The predicted molar refractivity (Wildman–Crippen MR) is 15.8 cm³/mol. The van der Waals surface area contributed by atoms with Gasteiger partial charge in [-0.15, -0.1) is 0 Å². The van der Waals surface area contributed by atoms with E-state index in [9.17, 15) is 0 Å². The van der Waals surface area contributed by atoms with E-state index in [-0.39, 0.29) is 21.7 Å². The van der Waals surface area contributed by atoms with Gasteiger partial charge >= 0.3 is 5.31 Å². The molecule has 0 spiro atoms. The second kappa shape index (κ2) is 1.82. The van der Waals surface area contributed by atoms with E-state index in [1.165, 1.54) is 0 Å². The number of hydrogen-bond donors (Lipinski definition) is 2. The Morgan fingerprint density at radius 3 is 1.67 bits per heavy atom. The van der Waals surface area contributed by atoms with Crippen molar-refractivity contribution >= 4 is 12.0 Å². The summed E-state index contributed by atoms with van der Waals surface area (Å²) >= 11 is 0.637.